The van der Waals surface area contributed by atoms with Crippen LogP contribution in [-0.2, 0) is 10.3 Å². The second-order valence-electron chi connectivity index (χ2n) is 8.41. The van der Waals surface area contributed by atoms with Gasteiger partial charge in [-0.2, -0.15) is 0 Å². The van der Waals surface area contributed by atoms with E-state index in [1.54, 1.807) is 17.5 Å². The van der Waals surface area contributed by atoms with E-state index < -0.39 is 0 Å². The summed E-state index contributed by atoms with van der Waals surface area (Å²) in [6.45, 7) is 7.83. The molecule has 1 spiro atoms. The van der Waals surface area contributed by atoms with Gasteiger partial charge in [-0.15, -0.1) is 11.3 Å². The molecular weight excluding hydrogens is 372 g/mol. The fourth-order valence-electron chi connectivity index (χ4n) is 3.53. The number of thiazole rings is 1. The molecule has 2 aliphatic rings. The van der Waals surface area contributed by atoms with Gasteiger partial charge in [0.2, 0.25) is 0 Å². The first-order valence-electron chi connectivity index (χ1n) is 9.58. The van der Waals surface area contributed by atoms with Gasteiger partial charge in [0.15, 0.2) is 0 Å². The fourth-order valence-corrected chi connectivity index (χ4v) is 4.13. The Morgan fingerprint density at radius 1 is 1.25 bits per heavy atom. The van der Waals surface area contributed by atoms with E-state index in [0.717, 1.165) is 29.2 Å². The van der Waals surface area contributed by atoms with Gasteiger partial charge < -0.3 is 10.2 Å². The molecule has 1 fully saturated rings. The van der Waals surface area contributed by atoms with Crippen molar-refractivity contribution in [2.24, 2.45) is 0 Å². The Labute approximate surface area is 169 Å². The van der Waals surface area contributed by atoms with Gasteiger partial charge in [0.05, 0.1) is 5.70 Å². The average molecular weight is 399 g/mol. The number of carbonyl (C=O) groups excluding carboxylic acids is 1. The predicted octanol–water partition coefficient (Wildman–Crippen LogP) is 4.38. The average Bonchev–Trinajstić information content (AvgIpc) is 3.32. The first kappa shape index (κ1) is 19.0. The lowest BCUT2D eigenvalue weighted by Crippen LogP contribution is -2.48. The summed E-state index contributed by atoms with van der Waals surface area (Å²) in [6.07, 6.45) is 5.41. The van der Waals surface area contributed by atoms with Crippen molar-refractivity contribution in [3.63, 3.8) is 0 Å². The van der Waals surface area contributed by atoms with Crippen molar-refractivity contribution in [3.05, 3.63) is 52.5 Å². The number of piperidine rings is 1. The summed E-state index contributed by atoms with van der Waals surface area (Å²) in [4.78, 5) is 24.7. The minimum Gasteiger partial charge on any atom is -0.324 e. The monoisotopic (exact) mass is 398 g/mol. The summed E-state index contributed by atoms with van der Waals surface area (Å²) >= 11 is 1.58. The third-order valence-corrected chi connectivity index (χ3v) is 6.14. The Balaban J connectivity index is 1.34. The molecule has 0 atom stereocenters. The van der Waals surface area contributed by atoms with Gasteiger partial charge >= 0.3 is 6.03 Å². The number of likely N-dealkylation sites (tertiary alicyclic amines) is 1. The highest BCUT2D eigenvalue weighted by Crippen LogP contribution is 2.35. The molecule has 1 aromatic heterocycles. The molecule has 2 aromatic rings. The standard InChI is InChI=1S/C21H26N4O2S/c1-20(2,3)15-4-6-16(7-5-15)23-19(26)25-11-8-21(9-12-25)14-17(24-27-21)18-22-10-13-28-18/h4-7,10,13-14,24H,8-9,11-12H2,1-3H3,(H,23,26). The Hall–Kier alpha value is -2.38. The lowest BCUT2D eigenvalue weighted by molar-refractivity contribution is -0.0634. The fraction of sp³-hybridized carbons (Fsp3) is 0.429. The molecular formula is C21H26N4O2S. The van der Waals surface area contributed by atoms with Crippen LogP contribution in [0.1, 0.15) is 44.2 Å². The van der Waals surface area contributed by atoms with Crippen LogP contribution in [0.3, 0.4) is 0 Å². The minimum absolute atomic E-state index is 0.0616. The zero-order chi connectivity index (χ0) is 19.8. The number of rotatable bonds is 2. The van der Waals surface area contributed by atoms with Crippen LogP contribution in [0.5, 0.6) is 0 Å². The van der Waals surface area contributed by atoms with E-state index in [1.807, 2.05) is 22.4 Å². The van der Waals surface area contributed by atoms with E-state index in [9.17, 15) is 4.79 Å². The maximum absolute atomic E-state index is 12.6. The Morgan fingerprint density at radius 3 is 2.57 bits per heavy atom. The van der Waals surface area contributed by atoms with Gasteiger partial charge in [0, 0.05) is 43.2 Å². The zero-order valence-electron chi connectivity index (χ0n) is 16.5. The van der Waals surface area contributed by atoms with E-state index in [0.29, 0.717) is 13.1 Å². The SMILES string of the molecule is CC(C)(C)c1ccc(NC(=O)N2CCC3(C=C(c4nccs4)NO3)CC2)cc1. The molecule has 148 valence electrons. The molecule has 0 aliphatic carbocycles. The summed E-state index contributed by atoms with van der Waals surface area (Å²) in [5.74, 6) is 0. The number of anilines is 1. The lowest BCUT2D eigenvalue weighted by Gasteiger charge is -2.36. The lowest BCUT2D eigenvalue weighted by atomic mass is 9.87. The molecule has 1 saturated heterocycles. The van der Waals surface area contributed by atoms with Crippen molar-refractivity contribution in [2.75, 3.05) is 18.4 Å². The normalized spacial score (nSPS) is 18.7. The van der Waals surface area contributed by atoms with Crippen LogP contribution in [0.15, 0.2) is 41.9 Å². The number of hydrogen-bond acceptors (Lipinski definition) is 5. The molecule has 0 radical (unpaired) electrons. The number of hydroxylamine groups is 1. The number of aromatic nitrogens is 1. The molecule has 2 N–H and O–H groups in total. The van der Waals surface area contributed by atoms with Gasteiger partial charge in [0.1, 0.15) is 10.6 Å². The van der Waals surface area contributed by atoms with E-state index in [-0.39, 0.29) is 17.0 Å². The molecule has 6 nitrogen and oxygen atoms in total. The van der Waals surface area contributed by atoms with Crippen LogP contribution in [0.25, 0.3) is 5.70 Å². The van der Waals surface area contributed by atoms with Crippen molar-refractivity contribution in [3.8, 4) is 0 Å². The van der Waals surface area contributed by atoms with Gasteiger partial charge in [-0.1, -0.05) is 32.9 Å². The molecule has 7 heteroatoms. The third-order valence-electron chi connectivity index (χ3n) is 5.33. The molecule has 3 heterocycles. The topological polar surface area (TPSA) is 66.5 Å². The summed E-state index contributed by atoms with van der Waals surface area (Å²) < 4.78 is 0. The van der Waals surface area contributed by atoms with Crippen molar-refractivity contribution in [1.82, 2.24) is 15.4 Å². The first-order valence-corrected chi connectivity index (χ1v) is 10.5. The van der Waals surface area contributed by atoms with Gasteiger partial charge in [-0.3, -0.25) is 10.3 Å². The van der Waals surface area contributed by atoms with Crippen LogP contribution < -0.4 is 10.8 Å². The minimum atomic E-state index is -0.355. The van der Waals surface area contributed by atoms with Gasteiger partial charge in [-0.05, 0) is 29.2 Å². The molecule has 0 saturated carbocycles. The summed E-state index contributed by atoms with van der Waals surface area (Å²) in [5, 5.41) is 5.88. The Bertz CT molecular complexity index is 861. The third kappa shape index (κ3) is 3.91. The van der Waals surface area contributed by atoms with Crippen LogP contribution in [0, 0.1) is 0 Å². The van der Waals surface area contributed by atoms with E-state index in [2.05, 4.69) is 54.8 Å². The molecule has 4 rings (SSSR count). The summed E-state index contributed by atoms with van der Waals surface area (Å²) in [5.41, 5.74) is 5.75. The second-order valence-corrected chi connectivity index (χ2v) is 9.30. The van der Waals surface area contributed by atoms with E-state index in [4.69, 9.17) is 4.84 Å². The van der Waals surface area contributed by atoms with Crippen molar-refractivity contribution in [2.45, 2.75) is 44.6 Å². The van der Waals surface area contributed by atoms with Crippen molar-refractivity contribution in [1.29, 1.82) is 0 Å². The highest BCUT2D eigenvalue weighted by molar-refractivity contribution is 7.10. The van der Waals surface area contributed by atoms with Gasteiger partial charge in [-0.25, -0.2) is 9.78 Å². The van der Waals surface area contributed by atoms with Crippen molar-refractivity contribution < 1.29 is 9.63 Å². The molecule has 0 unspecified atom stereocenters. The molecule has 28 heavy (non-hydrogen) atoms. The molecule has 1 aromatic carbocycles. The number of benzene rings is 1. The Kier molecular flexibility index (Phi) is 4.89. The molecule has 2 aliphatic heterocycles. The highest BCUT2D eigenvalue weighted by Gasteiger charge is 2.40. The largest absolute Gasteiger partial charge is 0.324 e. The van der Waals surface area contributed by atoms with Crippen LogP contribution in [0.2, 0.25) is 0 Å². The number of urea groups is 1. The van der Waals surface area contributed by atoms with Gasteiger partial charge in [0.25, 0.3) is 0 Å². The van der Waals surface area contributed by atoms with Crippen LogP contribution in [-0.4, -0.2) is 34.6 Å². The van der Waals surface area contributed by atoms with E-state index in [1.165, 1.54) is 5.56 Å². The number of nitrogens with zero attached hydrogens (tertiary/aromatic N) is 2. The zero-order valence-corrected chi connectivity index (χ0v) is 17.3. The smallest absolute Gasteiger partial charge is 0.321 e. The van der Waals surface area contributed by atoms with Crippen LogP contribution in [0.4, 0.5) is 10.5 Å². The first-order chi connectivity index (χ1) is 13.3. The van der Waals surface area contributed by atoms with Crippen LogP contribution >= 0.6 is 11.3 Å². The van der Waals surface area contributed by atoms with E-state index >= 15 is 0 Å². The number of amides is 2. The Morgan fingerprint density at radius 2 is 1.96 bits per heavy atom. The highest BCUT2D eigenvalue weighted by atomic mass is 32.1. The molecule has 2 amide bonds. The quantitative estimate of drug-likeness (QED) is 0.788. The number of hydrogen-bond donors (Lipinski definition) is 2. The number of nitrogens with one attached hydrogen (secondary N) is 2. The second kappa shape index (κ2) is 7.22. The summed E-state index contributed by atoms with van der Waals surface area (Å²) in [6, 6.07) is 8.02. The maximum Gasteiger partial charge on any atom is 0.321 e. The predicted molar refractivity (Wildman–Crippen MR) is 112 cm³/mol. The summed E-state index contributed by atoms with van der Waals surface area (Å²) in [7, 11) is 0. The number of carbonyl (C=O) groups is 1. The molecule has 0 bridgehead atoms. The maximum atomic E-state index is 12.6. The van der Waals surface area contributed by atoms with Crippen molar-refractivity contribution >= 4 is 28.8 Å².